The largest absolute Gasteiger partial charge is 0.494 e. The molecule has 5 heteroatoms. The van der Waals surface area contributed by atoms with E-state index in [9.17, 15) is 4.79 Å². The maximum atomic E-state index is 12.4. The summed E-state index contributed by atoms with van der Waals surface area (Å²) in [7, 11) is 0. The van der Waals surface area contributed by atoms with Crippen molar-refractivity contribution in [2.75, 3.05) is 13.2 Å². The molecule has 1 unspecified atom stereocenters. The summed E-state index contributed by atoms with van der Waals surface area (Å²) in [6.07, 6.45) is 0. The zero-order chi connectivity index (χ0) is 18.2. The molecule has 2 aromatic carbocycles. The second kappa shape index (κ2) is 9.06. The lowest BCUT2D eigenvalue weighted by Gasteiger charge is -2.18. The molecule has 0 aliphatic carbocycles. The summed E-state index contributed by atoms with van der Waals surface area (Å²) in [6, 6.07) is 21.0. The first-order valence-electron chi connectivity index (χ1n) is 8.49. The molecule has 1 aromatic heterocycles. The van der Waals surface area contributed by atoms with E-state index >= 15 is 0 Å². The number of hydrogen-bond donors (Lipinski definition) is 1. The molecule has 4 nitrogen and oxygen atoms in total. The van der Waals surface area contributed by atoms with Crippen molar-refractivity contribution in [1.29, 1.82) is 0 Å². The highest BCUT2D eigenvalue weighted by molar-refractivity contribution is 7.10. The Bertz CT molecular complexity index is 801. The molecule has 0 aliphatic rings. The van der Waals surface area contributed by atoms with Gasteiger partial charge in [0, 0.05) is 4.88 Å². The van der Waals surface area contributed by atoms with E-state index < -0.39 is 0 Å². The molecule has 0 fully saturated rings. The molecule has 0 radical (unpaired) electrons. The monoisotopic (exact) mass is 367 g/mol. The molecular weight excluding hydrogens is 346 g/mol. The van der Waals surface area contributed by atoms with E-state index in [0.29, 0.717) is 12.4 Å². The van der Waals surface area contributed by atoms with Gasteiger partial charge < -0.3 is 14.8 Å². The maximum Gasteiger partial charge on any atom is 0.258 e. The van der Waals surface area contributed by atoms with Gasteiger partial charge in [-0.2, -0.15) is 0 Å². The molecule has 3 rings (SSSR count). The number of carbonyl (C=O) groups excluding carboxylic acids is 1. The summed E-state index contributed by atoms with van der Waals surface area (Å²) in [5, 5.41) is 5.07. The summed E-state index contributed by atoms with van der Waals surface area (Å²) in [4.78, 5) is 13.5. The molecule has 0 saturated carbocycles. The average Bonchev–Trinajstić information content (AvgIpc) is 3.21. The second-order valence-corrected chi connectivity index (χ2v) is 6.60. The van der Waals surface area contributed by atoms with Crippen molar-refractivity contribution in [2.45, 2.75) is 13.0 Å². The molecule has 134 valence electrons. The van der Waals surface area contributed by atoms with Crippen molar-refractivity contribution in [1.82, 2.24) is 5.32 Å². The van der Waals surface area contributed by atoms with Gasteiger partial charge in [0.25, 0.3) is 5.91 Å². The second-order valence-electron chi connectivity index (χ2n) is 5.62. The number of carbonyl (C=O) groups is 1. The molecule has 0 spiro atoms. The number of amides is 1. The van der Waals surface area contributed by atoms with E-state index in [1.807, 2.05) is 66.9 Å². The number of hydrogen-bond acceptors (Lipinski definition) is 4. The van der Waals surface area contributed by atoms with Gasteiger partial charge in [-0.3, -0.25) is 4.79 Å². The van der Waals surface area contributed by atoms with Crippen LogP contribution in [0.3, 0.4) is 0 Å². The quantitative estimate of drug-likeness (QED) is 0.641. The van der Waals surface area contributed by atoms with Crippen LogP contribution in [0.2, 0.25) is 0 Å². The van der Waals surface area contributed by atoms with Gasteiger partial charge in [0.15, 0.2) is 6.61 Å². The van der Waals surface area contributed by atoms with Crippen LogP contribution < -0.4 is 14.8 Å². The Morgan fingerprint density at radius 3 is 2.27 bits per heavy atom. The van der Waals surface area contributed by atoms with Crippen LogP contribution in [0.1, 0.15) is 23.4 Å². The first kappa shape index (κ1) is 18.0. The zero-order valence-electron chi connectivity index (χ0n) is 14.6. The molecule has 1 N–H and O–H groups in total. The third-order valence-corrected chi connectivity index (χ3v) is 4.71. The van der Waals surface area contributed by atoms with Crippen LogP contribution in [-0.4, -0.2) is 19.1 Å². The molecule has 1 amide bonds. The van der Waals surface area contributed by atoms with Crippen molar-refractivity contribution >= 4 is 17.2 Å². The number of thiophene rings is 1. The molecule has 1 heterocycles. The predicted octanol–water partition coefficient (Wildman–Crippen LogP) is 4.43. The van der Waals surface area contributed by atoms with Crippen molar-refractivity contribution < 1.29 is 14.3 Å². The molecular formula is C21H21NO3S. The fraction of sp³-hybridized carbons (Fsp3) is 0.190. The summed E-state index contributed by atoms with van der Waals surface area (Å²) in [5.74, 6) is 1.25. The van der Waals surface area contributed by atoms with Crippen molar-refractivity contribution in [3.63, 3.8) is 0 Å². The molecule has 26 heavy (non-hydrogen) atoms. The number of nitrogens with one attached hydrogen (secondary N) is 1. The fourth-order valence-electron chi connectivity index (χ4n) is 2.57. The first-order chi connectivity index (χ1) is 12.8. The lowest BCUT2D eigenvalue weighted by Crippen LogP contribution is -2.32. The van der Waals surface area contributed by atoms with E-state index in [1.165, 1.54) is 0 Å². The van der Waals surface area contributed by atoms with Crippen molar-refractivity contribution in [2.24, 2.45) is 0 Å². The fourth-order valence-corrected chi connectivity index (χ4v) is 3.37. The van der Waals surface area contributed by atoms with Gasteiger partial charge in [-0.05, 0) is 48.2 Å². The van der Waals surface area contributed by atoms with Crippen molar-refractivity contribution in [3.05, 3.63) is 82.6 Å². The predicted molar refractivity (Wildman–Crippen MR) is 104 cm³/mol. The SMILES string of the molecule is CCOc1ccc(OCC(=O)NC(c2ccccc2)c2cccs2)cc1. The smallest absolute Gasteiger partial charge is 0.258 e. The molecule has 0 bridgehead atoms. The van der Waals surface area contributed by atoms with Gasteiger partial charge >= 0.3 is 0 Å². The standard InChI is InChI=1S/C21H21NO3S/c1-2-24-17-10-12-18(13-11-17)25-15-20(23)22-21(19-9-6-14-26-19)16-7-4-3-5-8-16/h3-14,21H,2,15H2,1H3,(H,22,23). The Morgan fingerprint density at radius 2 is 1.65 bits per heavy atom. The topological polar surface area (TPSA) is 47.6 Å². The minimum absolute atomic E-state index is 0.0390. The highest BCUT2D eigenvalue weighted by atomic mass is 32.1. The number of benzene rings is 2. The summed E-state index contributed by atoms with van der Waals surface area (Å²) >= 11 is 1.62. The van der Waals surface area contributed by atoms with E-state index in [2.05, 4.69) is 5.32 Å². The lowest BCUT2D eigenvalue weighted by molar-refractivity contribution is -0.123. The minimum Gasteiger partial charge on any atom is -0.494 e. The Balaban J connectivity index is 1.61. The lowest BCUT2D eigenvalue weighted by atomic mass is 10.1. The summed E-state index contributed by atoms with van der Waals surface area (Å²) < 4.78 is 11.0. The van der Waals surface area contributed by atoms with Gasteiger partial charge in [0.05, 0.1) is 12.6 Å². The molecule has 1 atom stereocenters. The number of ether oxygens (including phenoxy) is 2. The summed E-state index contributed by atoms with van der Waals surface area (Å²) in [5.41, 5.74) is 1.05. The van der Waals surface area contributed by atoms with Crippen LogP contribution in [0.25, 0.3) is 0 Å². The number of rotatable bonds is 8. The van der Waals surface area contributed by atoms with Gasteiger partial charge in [0.1, 0.15) is 11.5 Å². The maximum absolute atomic E-state index is 12.4. The van der Waals surface area contributed by atoms with E-state index in [1.54, 1.807) is 23.5 Å². The van der Waals surface area contributed by atoms with Crippen LogP contribution in [-0.2, 0) is 4.79 Å². The Morgan fingerprint density at radius 1 is 0.962 bits per heavy atom. The van der Waals surface area contributed by atoms with Crippen molar-refractivity contribution in [3.8, 4) is 11.5 Å². The minimum atomic E-state index is -0.173. The Labute approximate surface area is 157 Å². The van der Waals surface area contributed by atoms with E-state index in [0.717, 1.165) is 16.2 Å². The summed E-state index contributed by atoms with van der Waals surface area (Å²) in [6.45, 7) is 2.51. The van der Waals surface area contributed by atoms with Crippen LogP contribution in [0, 0.1) is 0 Å². The zero-order valence-corrected chi connectivity index (χ0v) is 15.4. The first-order valence-corrected chi connectivity index (χ1v) is 9.37. The average molecular weight is 367 g/mol. The molecule has 0 saturated heterocycles. The third-order valence-electron chi connectivity index (χ3n) is 3.77. The van der Waals surface area contributed by atoms with E-state index in [4.69, 9.17) is 9.47 Å². The molecule has 0 aliphatic heterocycles. The van der Waals surface area contributed by atoms with Crippen LogP contribution in [0.15, 0.2) is 72.1 Å². The van der Waals surface area contributed by atoms with Crippen LogP contribution in [0.4, 0.5) is 0 Å². The third kappa shape index (κ3) is 4.86. The highest BCUT2D eigenvalue weighted by Crippen LogP contribution is 2.26. The van der Waals surface area contributed by atoms with Gasteiger partial charge in [-0.1, -0.05) is 36.4 Å². The molecule has 3 aromatic rings. The van der Waals surface area contributed by atoms with Crippen LogP contribution in [0.5, 0.6) is 11.5 Å². The van der Waals surface area contributed by atoms with Crippen LogP contribution >= 0.6 is 11.3 Å². The highest BCUT2D eigenvalue weighted by Gasteiger charge is 2.17. The normalized spacial score (nSPS) is 11.6. The van der Waals surface area contributed by atoms with E-state index in [-0.39, 0.29) is 18.6 Å². The van der Waals surface area contributed by atoms with Gasteiger partial charge in [-0.15, -0.1) is 11.3 Å². The van der Waals surface area contributed by atoms with Gasteiger partial charge in [-0.25, -0.2) is 0 Å². The Hall–Kier alpha value is -2.79. The Kier molecular flexibility index (Phi) is 6.28. The van der Waals surface area contributed by atoms with Gasteiger partial charge in [0.2, 0.25) is 0 Å².